The van der Waals surface area contributed by atoms with Gasteiger partial charge in [-0.05, 0) is 68.1 Å². The van der Waals surface area contributed by atoms with E-state index in [2.05, 4.69) is 13.5 Å². The van der Waals surface area contributed by atoms with Crippen LogP contribution in [0.1, 0.15) is 58.3 Å². The summed E-state index contributed by atoms with van der Waals surface area (Å²) in [6, 6.07) is 0. The minimum absolute atomic E-state index is 0.0191. The summed E-state index contributed by atoms with van der Waals surface area (Å²) in [5.74, 6) is 1.38. The number of aliphatic hydroxyl groups excluding tert-OH is 1. The fraction of sp³-hybridized carbons (Fsp3) is 0.850. The number of esters is 1. The number of methoxy groups -OCH3 is 1. The molecule has 128 valence electrons. The average Bonchev–Trinajstić information content (AvgIpc) is 2.55. The van der Waals surface area contributed by atoms with Crippen molar-refractivity contribution in [2.75, 3.05) is 7.11 Å². The first kappa shape index (κ1) is 15.7. The van der Waals surface area contributed by atoms with Gasteiger partial charge in [0, 0.05) is 5.41 Å². The van der Waals surface area contributed by atoms with E-state index >= 15 is 0 Å². The average molecular weight is 318 g/mol. The van der Waals surface area contributed by atoms with E-state index in [-0.39, 0.29) is 34.7 Å². The fourth-order valence-electron chi connectivity index (χ4n) is 7.17. The smallest absolute Gasteiger partial charge is 0.308 e. The highest BCUT2D eigenvalue weighted by Gasteiger charge is 2.65. The number of carbonyl (C=O) groups excluding carboxylic acids is 1. The molecule has 5 saturated carbocycles. The molecule has 0 heterocycles. The van der Waals surface area contributed by atoms with Gasteiger partial charge >= 0.3 is 5.97 Å². The molecule has 5 fully saturated rings. The quantitative estimate of drug-likeness (QED) is 0.592. The van der Waals surface area contributed by atoms with Crippen LogP contribution >= 0.6 is 0 Å². The SMILES string of the molecule is C=C1C[C@]23CC[C@H]1C[C@H]2[C@]1(C)CCCC(C(=O)OC)[C@H]1C[C@@H]3O. The Kier molecular flexibility index (Phi) is 3.46. The van der Waals surface area contributed by atoms with Crippen LogP contribution in [0.5, 0.6) is 0 Å². The van der Waals surface area contributed by atoms with E-state index in [4.69, 9.17) is 4.74 Å². The minimum Gasteiger partial charge on any atom is -0.469 e. The van der Waals surface area contributed by atoms with E-state index in [1.54, 1.807) is 0 Å². The molecule has 0 aromatic heterocycles. The van der Waals surface area contributed by atoms with Gasteiger partial charge in [0.25, 0.3) is 0 Å². The van der Waals surface area contributed by atoms with Crippen LogP contribution in [-0.4, -0.2) is 24.3 Å². The Balaban J connectivity index is 1.74. The normalized spacial score (nSPS) is 51.8. The zero-order valence-electron chi connectivity index (χ0n) is 14.5. The lowest BCUT2D eigenvalue weighted by atomic mass is 9.38. The second-order valence-corrected chi connectivity index (χ2v) is 8.98. The molecule has 0 aliphatic heterocycles. The number of rotatable bonds is 1. The summed E-state index contributed by atoms with van der Waals surface area (Å²) < 4.78 is 5.10. The van der Waals surface area contributed by atoms with Crippen LogP contribution in [0.15, 0.2) is 12.2 Å². The Morgan fingerprint density at radius 1 is 1.30 bits per heavy atom. The molecule has 5 rings (SSSR count). The summed E-state index contributed by atoms with van der Waals surface area (Å²) >= 11 is 0. The first-order chi connectivity index (χ1) is 10.9. The van der Waals surface area contributed by atoms with Gasteiger partial charge in [-0.25, -0.2) is 0 Å². The van der Waals surface area contributed by atoms with Crippen molar-refractivity contribution in [1.29, 1.82) is 0 Å². The second-order valence-electron chi connectivity index (χ2n) is 8.98. The molecule has 5 aliphatic rings. The second kappa shape index (κ2) is 5.08. The molecule has 0 amide bonds. The summed E-state index contributed by atoms with van der Waals surface area (Å²) in [6.45, 7) is 6.73. The Labute approximate surface area is 139 Å². The standard InChI is InChI=1S/C20H30O3/c1-12-11-20-8-6-13(12)9-16(20)19(2)7-4-5-14(18(22)23-3)15(19)10-17(20)21/h13-17,21H,1,4-11H2,2-3H3/t13-,14?,15+,16-,17-,19+,20+/m0/s1. The number of hydrogen-bond donors (Lipinski definition) is 1. The summed E-state index contributed by atoms with van der Waals surface area (Å²) in [7, 11) is 1.50. The van der Waals surface area contributed by atoms with Crippen LogP contribution in [0.3, 0.4) is 0 Å². The van der Waals surface area contributed by atoms with Gasteiger partial charge in [0.15, 0.2) is 0 Å². The lowest BCUT2D eigenvalue weighted by Gasteiger charge is -2.67. The van der Waals surface area contributed by atoms with Crippen molar-refractivity contribution in [2.24, 2.45) is 34.5 Å². The van der Waals surface area contributed by atoms with E-state index in [1.807, 2.05) is 0 Å². The summed E-state index contributed by atoms with van der Waals surface area (Å²) in [5, 5.41) is 11.1. The highest BCUT2D eigenvalue weighted by molar-refractivity contribution is 5.73. The topological polar surface area (TPSA) is 46.5 Å². The lowest BCUT2D eigenvalue weighted by molar-refractivity contribution is -0.210. The number of hydrogen-bond acceptors (Lipinski definition) is 3. The molecule has 1 unspecified atom stereocenters. The summed E-state index contributed by atoms with van der Waals surface area (Å²) in [4.78, 5) is 12.3. The van der Waals surface area contributed by atoms with Crippen LogP contribution in [0.4, 0.5) is 0 Å². The number of aliphatic hydroxyl groups is 1. The molecular formula is C20H30O3. The third-order valence-electron chi connectivity index (χ3n) is 8.31. The zero-order valence-corrected chi connectivity index (χ0v) is 14.5. The van der Waals surface area contributed by atoms with Crippen molar-refractivity contribution >= 4 is 5.97 Å². The molecule has 0 radical (unpaired) electrons. The number of carbonyl (C=O) groups is 1. The molecule has 0 saturated heterocycles. The van der Waals surface area contributed by atoms with Crippen molar-refractivity contribution < 1.29 is 14.6 Å². The van der Waals surface area contributed by atoms with Gasteiger partial charge in [-0.2, -0.15) is 0 Å². The van der Waals surface area contributed by atoms with Crippen molar-refractivity contribution in [3.8, 4) is 0 Å². The van der Waals surface area contributed by atoms with Crippen molar-refractivity contribution in [3.05, 3.63) is 12.2 Å². The monoisotopic (exact) mass is 318 g/mol. The Hall–Kier alpha value is -0.830. The number of ether oxygens (including phenoxy) is 1. The predicted octanol–water partition coefficient (Wildman–Crippen LogP) is 3.71. The molecule has 3 nitrogen and oxygen atoms in total. The van der Waals surface area contributed by atoms with Crippen molar-refractivity contribution in [2.45, 2.75) is 64.4 Å². The first-order valence-corrected chi connectivity index (χ1v) is 9.36. The molecule has 23 heavy (non-hydrogen) atoms. The maximum atomic E-state index is 12.3. The summed E-state index contributed by atoms with van der Waals surface area (Å²) in [6.07, 6.45) is 8.26. The molecule has 0 aromatic carbocycles. The fourth-order valence-corrected chi connectivity index (χ4v) is 7.17. The zero-order chi connectivity index (χ0) is 16.4. The largest absolute Gasteiger partial charge is 0.469 e. The maximum Gasteiger partial charge on any atom is 0.308 e. The molecule has 7 atom stereocenters. The Bertz CT molecular complexity index is 541. The molecule has 1 N–H and O–H groups in total. The molecule has 5 aliphatic carbocycles. The van der Waals surface area contributed by atoms with Gasteiger partial charge in [0.05, 0.1) is 19.1 Å². The number of fused-ring (bicyclic) bond motifs is 3. The van der Waals surface area contributed by atoms with Gasteiger partial charge in [-0.15, -0.1) is 0 Å². The van der Waals surface area contributed by atoms with Crippen LogP contribution in [-0.2, 0) is 9.53 Å². The summed E-state index contributed by atoms with van der Waals surface area (Å²) in [5.41, 5.74) is 1.58. The minimum atomic E-state index is -0.283. The first-order valence-electron chi connectivity index (χ1n) is 9.36. The van der Waals surface area contributed by atoms with E-state index in [9.17, 15) is 9.90 Å². The van der Waals surface area contributed by atoms with Crippen molar-refractivity contribution in [1.82, 2.24) is 0 Å². The highest BCUT2D eigenvalue weighted by atomic mass is 16.5. The van der Waals surface area contributed by atoms with E-state index < -0.39 is 0 Å². The Morgan fingerprint density at radius 2 is 2.09 bits per heavy atom. The van der Waals surface area contributed by atoms with Crippen LogP contribution < -0.4 is 0 Å². The lowest BCUT2D eigenvalue weighted by Crippen LogP contribution is -2.63. The number of allylic oxidation sites excluding steroid dienone is 1. The van der Waals surface area contributed by atoms with E-state index in [1.165, 1.54) is 31.9 Å². The van der Waals surface area contributed by atoms with Crippen molar-refractivity contribution in [3.63, 3.8) is 0 Å². The third kappa shape index (κ3) is 1.95. The van der Waals surface area contributed by atoms with Crippen LogP contribution in [0, 0.1) is 34.5 Å². The molecule has 0 aromatic rings. The third-order valence-corrected chi connectivity index (χ3v) is 8.31. The predicted molar refractivity (Wildman–Crippen MR) is 88.6 cm³/mol. The van der Waals surface area contributed by atoms with Gasteiger partial charge in [0.2, 0.25) is 0 Å². The molecular weight excluding hydrogens is 288 g/mol. The Morgan fingerprint density at radius 3 is 2.78 bits per heavy atom. The maximum absolute atomic E-state index is 12.3. The van der Waals surface area contributed by atoms with Crippen LogP contribution in [0.2, 0.25) is 0 Å². The van der Waals surface area contributed by atoms with Gasteiger partial charge < -0.3 is 9.84 Å². The van der Waals surface area contributed by atoms with Gasteiger partial charge in [-0.3, -0.25) is 4.79 Å². The molecule has 2 bridgehead atoms. The molecule has 1 spiro atoms. The van der Waals surface area contributed by atoms with E-state index in [0.717, 1.165) is 32.1 Å². The van der Waals surface area contributed by atoms with Crippen LogP contribution in [0.25, 0.3) is 0 Å². The highest BCUT2D eigenvalue weighted by Crippen LogP contribution is 2.70. The van der Waals surface area contributed by atoms with E-state index in [0.29, 0.717) is 11.8 Å². The van der Waals surface area contributed by atoms with Gasteiger partial charge in [0.1, 0.15) is 0 Å². The molecule has 3 heteroatoms. The van der Waals surface area contributed by atoms with Gasteiger partial charge in [-0.1, -0.05) is 25.5 Å².